The standard InChI is InChI=1S/C11H9Br2ClF3NO/c12-7-1-2-8(9(13)5-7)10(19)18(4-3-14)6-11(15,16)17/h1-2,5H,3-4,6H2. The number of amides is 1. The van der Waals surface area contributed by atoms with Crippen LogP contribution in [0.5, 0.6) is 0 Å². The lowest BCUT2D eigenvalue weighted by atomic mass is 10.2. The number of nitrogens with zero attached hydrogens (tertiary/aromatic N) is 1. The molecule has 0 unspecified atom stereocenters. The molecule has 0 aliphatic heterocycles. The SMILES string of the molecule is O=C(c1ccc(Br)cc1Br)N(CCCl)CC(F)(F)F. The van der Waals surface area contributed by atoms with Crippen molar-refractivity contribution in [1.29, 1.82) is 0 Å². The highest BCUT2D eigenvalue weighted by Crippen LogP contribution is 2.25. The van der Waals surface area contributed by atoms with Crippen LogP contribution in [0, 0.1) is 0 Å². The number of hydrogen-bond donors (Lipinski definition) is 0. The summed E-state index contributed by atoms with van der Waals surface area (Å²) in [6.07, 6.45) is -4.45. The maximum Gasteiger partial charge on any atom is 0.406 e. The van der Waals surface area contributed by atoms with Gasteiger partial charge in [0, 0.05) is 21.4 Å². The number of rotatable bonds is 4. The predicted octanol–water partition coefficient (Wildman–Crippen LogP) is 4.45. The van der Waals surface area contributed by atoms with Crippen LogP contribution < -0.4 is 0 Å². The molecule has 0 saturated heterocycles. The molecule has 0 bridgehead atoms. The first kappa shape index (κ1) is 16.8. The van der Waals surface area contributed by atoms with E-state index >= 15 is 0 Å². The Bertz CT molecular complexity index is 468. The molecule has 0 fully saturated rings. The highest BCUT2D eigenvalue weighted by Gasteiger charge is 2.33. The van der Waals surface area contributed by atoms with E-state index in [4.69, 9.17) is 11.6 Å². The minimum absolute atomic E-state index is 0.0596. The summed E-state index contributed by atoms with van der Waals surface area (Å²) in [6.45, 7) is -1.48. The van der Waals surface area contributed by atoms with Gasteiger partial charge in [-0.05, 0) is 34.1 Å². The number of hydrogen-bond acceptors (Lipinski definition) is 1. The fourth-order valence-corrected chi connectivity index (χ4v) is 2.82. The summed E-state index contributed by atoms with van der Waals surface area (Å²) in [4.78, 5) is 12.7. The predicted molar refractivity (Wildman–Crippen MR) is 74.5 cm³/mol. The lowest BCUT2D eigenvalue weighted by Crippen LogP contribution is -2.40. The van der Waals surface area contributed by atoms with Crippen LogP contribution in [0.3, 0.4) is 0 Å². The van der Waals surface area contributed by atoms with Gasteiger partial charge < -0.3 is 4.90 Å². The Balaban J connectivity index is 2.99. The van der Waals surface area contributed by atoms with Gasteiger partial charge in [-0.15, -0.1) is 11.6 Å². The van der Waals surface area contributed by atoms with Crippen molar-refractivity contribution in [2.45, 2.75) is 6.18 Å². The number of benzene rings is 1. The van der Waals surface area contributed by atoms with Crippen molar-refractivity contribution < 1.29 is 18.0 Å². The third-order valence-electron chi connectivity index (χ3n) is 2.17. The molecule has 0 aliphatic rings. The smallest absolute Gasteiger partial charge is 0.328 e. The first-order chi connectivity index (χ1) is 8.74. The third-order valence-corrected chi connectivity index (χ3v) is 3.49. The van der Waals surface area contributed by atoms with Crippen molar-refractivity contribution in [2.24, 2.45) is 0 Å². The molecule has 0 N–H and O–H groups in total. The Kier molecular flexibility index (Phi) is 6.14. The van der Waals surface area contributed by atoms with Gasteiger partial charge in [-0.25, -0.2) is 0 Å². The Morgan fingerprint density at radius 2 is 1.95 bits per heavy atom. The van der Waals surface area contributed by atoms with Crippen molar-refractivity contribution in [3.05, 3.63) is 32.7 Å². The fourth-order valence-electron chi connectivity index (χ4n) is 1.40. The zero-order valence-electron chi connectivity index (χ0n) is 9.48. The maximum absolute atomic E-state index is 12.4. The molecule has 0 aliphatic carbocycles. The van der Waals surface area contributed by atoms with E-state index in [-0.39, 0.29) is 18.0 Å². The van der Waals surface area contributed by atoms with Crippen molar-refractivity contribution in [1.82, 2.24) is 4.90 Å². The first-order valence-corrected chi connectivity index (χ1v) is 7.23. The summed E-state index contributed by atoms with van der Waals surface area (Å²) in [5.74, 6) is -0.770. The van der Waals surface area contributed by atoms with E-state index in [1.54, 1.807) is 12.1 Å². The second-order valence-corrected chi connectivity index (χ2v) is 5.80. The molecule has 19 heavy (non-hydrogen) atoms. The number of halogens is 6. The molecular formula is C11H9Br2ClF3NO. The van der Waals surface area contributed by atoms with Gasteiger partial charge in [0.2, 0.25) is 0 Å². The summed E-state index contributed by atoms with van der Waals surface area (Å²) in [5.41, 5.74) is 0.164. The van der Waals surface area contributed by atoms with Crippen LogP contribution in [0.4, 0.5) is 13.2 Å². The average molecular weight is 423 g/mol. The summed E-state index contributed by atoms with van der Waals surface area (Å²) in [7, 11) is 0. The molecule has 0 radical (unpaired) electrons. The molecule has 1 rings (SSSR count). The minimum Gasteiger partial charge on any atom is -0.328 e. The van der Waals surface area contributed by atoms with Crippen LogP contribution >= 0.6 is 43.5 Å². The number of carbonyl (C=O) groups excluding carboxylic acids is 1. The summed E-state index contributed by atoms with van der Waals surface area (Å²) in [5, 5.41) is 0. The zero-order chi connectivity index (χ0) is 14.6. The van der Waals surface area contributed by atoms with E-state index in [0.717, 1.165) is 4.47 Å². The number of carbonyl (C=O) groups is 1. The molecule has 8 heteroatoms. The van der Waals surface area contributed by atoms with Gasteiger partial charge in [0.1, 0.15) is 6.54 Å². The Labute approximate surface area is 130 Å². The first-order valence-electron chi connectivity index (χ1n) is 5.11. The second-order valence-electron chi connectivity index (χ2n) is 3.66. The molecular weight excluding hydrogens is 414 g/mol. The molecule has 0 saturated carbocycles. The van der Waals surface area contributed by atoms with E-state index in [0.29, 0.717) is 9.37 Å². The van der Waals surface area contributed by atoms with Crippen LogP contribution in [0.25, 0.3) is 0 Å². The molecule has 106 valence electrons. The van der Waals surface area contributed by atoms with Gasteiger partial charge in [-0.1, -0.05) is 15.9 Å². The van der Waals surface area contributed by atoms with Crippen LogP contribution in [-0.2, 0) is 0 Å². The van der Waals surface area contributed by atoms with Crippen LogP contribution in [-0.4, -0.2) is 36.0 Å². The van der Waals surface area contributed by atoms with Gasteiger partial charge in [-0.2, -0.15) is 13.2 Å². The molecule has 1 amide bonds. The lowest BCUT2D eigenvalue weighted by Gasteiger charge is -2.23. The summed E-state index contributed by atoms with van der Waals surface area (Å²) < 4.78 is 38.4. The average Bonchev–Trinajstić information content (AvgIpc) is 2.26. The Morgan fingerprint density at radius 3 is 2.42 bits per heavy atom. The largest absolute Gasteiger partial charge is 0.406 e. The fraction of sp³-hybridized carbons (Fsp3) is 0.364. The monoisotopic (exact) mass is 421 g/mol. The summed E-state index contributed by atoms with van der Waals surface area (Å²) >= 11 is 11.8. The highest BCUT2D eigenvalue weighted by molar-refractivity contribution is 9.11. The van der Waals surface area contributed by atoms with Gasteiger partial charge in [0.05, 0.1) is 5.56 Å². The van der Waals surface area contributed by atoms with E-state index in [2.05, 4.69) is 31.9 Å². The van der Waals surface area contributed by atoms with Crippen LogP contribution in [0.2, 0.25) is 0 Å². The van der Waals surface area contributed by atoms with Gasteiger partial charge in [0.25, 0.3) is 5.91 Å². The second kappa shape index (κ2) is 6.95. The summed E-state index contributed by atoms with van der Waals surface area (Å²) in [6, 6.07) is 4.64. The van der Waals surface area contributed by atoms with Gasteiger partial charge in [0.15, 0.2) is 0 Å². The highest BCUT2D eigenvalue weighted by atomic mass is 79.9. The van der Waals surface area contributed by atoms with E-state index in [9.17, 15) is 18.0 Å². The molecule has 1 aromatic rings. The lowest BCUT2D eigenvalue weighted by molar-refractivity contribution is -0.140. The Hall–Kier alpha value is -0.270. The number of alkyl halides is 4. The molecule has 0 aromatic heterocycles. The van der Waals surface area contributed by atoms with Crippen LogP contribution in [0.1, 0.15) is 10.4 Å². The molecule has 2 nitrogen and oxygen atoms in total. The van der Waals surface area contributed by atoms with Gasteiger partial charge >= 0.3 is 6.18 Å². The minimum atomic E-state index is -4.45. The zero-order valence-corrected chi connectivity index (χ0v) is 13.4. The third kappa shape index (κ3) is 5.31. The molecule has 0 heterocycles. The van der Waals surface area contributed by atoms with Gasteiger partial charge in [-0.3, -0.25) is 4.79 Å². The van der Waals surface area contributed by atoms with E-state index < -0.39 is 18.6 Å². The van der Waals surface area contributed by atoms with Crippen molar-refractivity contribution in [3.8, 4) is 0 Å². The molecule has 0 atom stereocenters. The maximum atomic E-state index is 12.4. The normalized spacial score (nSPS) is 11.5. The van der Waals surface area contributed by atoms with E-state index in [1.807, 2.05) is 0 Å². The van der Waals surface area contributed by atoms with Crippen molar-refractivity contribution >= 4 is 49.4 Å². The van der Waals surface area contributed by atoms with Crippen molar-refractivity contribution in [3.63, 3.8) is 0 Å². The van der Waals surface area contributed by atoms with Crippen LogP contribution in [0.15, 0.2) is 27.1 Å². The van der Waals surface area contributed by atoms with Crippen molar-refractivity contribution in [2.75, 3.05) is 19.0 Å². The Morgan fingerprint density at radius 1 is 1.32 bits per heavy atom. The van der Waals surface area contributed by atoms with E-state index in [1.165, 1.54) is 6.07 Å². The molecule has 0 spiro atoms. The quantitative estimate of drug-likeness (QED) is 0.655. The molecule has 1 aromatic carbocycles. The topological polar surface area (TPSA) is 20.3 Å².